The Morgan fingerprint density at radius 2 is 2.35 bits per heavy atom. The topological polar surface area (TPSA) is 48.5 Å². The number of hydrogen-bond donors (Lipinski definition) is 1. The summed E-state index contributed by atoms with van der Waals surface area (Å²) in [6, 6.07) is 6.81. The third kappa shape index (κ3) is 2.17. The number of hydrogen-bond acceptors (Lipinski definition) is 3. The van der Waals surface area contributed by atoms with Gasteiger partial charge in [0, 0.05) is 42.1 Å². The first kappa shape index (κ1) is 14.4. The molecule has 4 rings (SSSR count). The number of H-pyrrole nitrogens is 1. The van der Waals surface area contributed by atoms with E-state index in [0.29, 0.717) is 18.3 Å². The molecular weight excluding hydrogens is 286 g/mol. The number of nitrogens with one attached hydrogen (secondary N) is 1. The largest absolute Gasteiger partial charge is 0.361 e. The minimum Gasteiger partial charge on any atom is -0.361 e. The van der Waals surface area contributed by atoms with Crippen molar-refractivity contribution >= 4 is 28.5 Å². The molecule has 2 atom stereocenters. The molecule has 0 amide bonds. The van der Waals surface area contributed by atoms with E-state index in [1.807, 2.05) is 6.92 Å². The van der Waals surface area contributed by atoms with E-state index < -0.39 is 0 Å². The van der Waals surface area contributed by atoms with Gasteiger partial charge in [-0.15, -0.1) is 0 Å². The van der Waals surface area contributed by atoms with Gasteiger partial charge >= 0.3 is 0 Å². The summed E-state index contributed by atoms with van der Waals surface area (Å²) in [4.78, 5) is 21.6. The fourth-order valence-electron chi connectivity index (χ4n) is 4.06. The SMILES string of the molecule is CCN=C(C=O)C1C=C2c3cccc4[nH]cc(c34)CC2N(C)C1. The summed E-state index contributed by atoms with van der Waals surface area (Å²) in [7, 11) is 2.15. The zero-order chi connectivity index (χ0) is 16.0. The van der Waals surface area contributed by atoms with Gasteiger partial charge in [-0.05, 0) is 43.2 Å². The summed E-state index contributed by atoms with van der Waals surface area (Å²) < 4.78 is 0. The second kappa shape index (κ2) is 5.46. The van der Waals surface area contributed by atoms with Crippen molar-refractivity contribution in [2.45, 2.75) is 19.4 Å². The highest BCUT2D eigenvalue weighted by molar-refractivity contribution is 6.30. The molecule has 0 fully saturated rings. The molecule has 1 aromatic heterocycles. The molecule has 2 aromatic rings. The quantitative estimate of drug-likeness (QED) is 0.700. The second-order valence-corrected chi connectivity index (χ2v) is 6.45. The van der Waals surface area contributed by atoms with Crippen LogP contribution in [0.2, 0.25) is 0 Å². The predicted octanol–water partition coefficient (Wildman–Crippen LogP) is 2.70. The lowest BCUT2D eigenvalue weighted by atomic mass is 9.79. The average Bonchev–Trinajstić information content (AvgIpc) is 2.98. The van der Waals surface area contributed by atoms with E-state index in [1.54, 1.807) is 0 Å². The number of aldehydes is 1. The Labute approximate surface area is 135 Å². The molecule has 118 valence electrons. The maximum atomic E-state index is 11.4. The Bertz CT molecular complexity index is 830. The van der Waals surface area contributed by atoms with E-state index in [0.717, 1.165) is 19.3 Å². The Hall–Kier alpha value is -2.20. The number of aromatic amines is 1. The van der Waals surface area contributed by atoms with E-state index in [1.165, 1.54) is 27.6 Å². The van der Waals surface area contributed by atoms with Gasteiger partial charge in [0.1, 0.15) is 0 Å². The molecule has 2 heterocycles. The van der Waals surface area contributed by atoms with E-state index in [-0.39, 0.29) is 5.92 Å². The molecule has 0 saturated carbocycles. The number of aliphatic imine (C=N–C) groups is 1. The van der Waals surface area contributed by atoms with Crippen molar-refractivity contribution in [3.63, 3.8) is 0 Å². The third-order valence-electron chi connectivity index (χ3n) is 5.11. The Kier molecular flexibility index (Phi) is 3.42. The molecule has 0 saturated heterocycles. The maximum absolute atomic E-state index is 11.4. The van der Waals surface area contributed by atoms with E-state index >= 15 is 0 Å². The van der Waals surface area contributed by atoms with Crippen molar-refractivity contribution in [2.75, 3.05) is 20.1 Å². The van der Waals surface area contributed by atoms with E-state index in [9.17, 15) is 4.79 Å². The molecule has 2 aliphatic rings. The molecule has 0 spiro atoms. The lowest BCUT2D eigenvalue weighted by Crippen LogP contribution is -2.44. The van der Waals surface area contributed by atoms with E-state index in [2.05, 4.69) is 52.4 Å². The van der Waals surface area contributed by atoms with Gasteiger partial charge in [-0.2, -0.15) is 0 Å². The van der Waals surface area contributed by atoms with Crippen LogP contribution in [-0.2, 0) is 11.2 Å². The monoisotopic (exact) mass is 307 g/mol. The van der Waals surface area contributed by atoms with Crippen molar-refractivity contribution in [3.8, 4) is 0 Å². The number of carbonyl (C=O) groups excluding carboxylic acids is 1. The molecule has 4 heteroatoms. The van der Waals surface area contributed by atoms with Crippen LogP contribution in [0.1, 0.15) is 18.1 Å². The molecular formula is C19H21N3O. The van der Waals surface area contributed by atoms with Crippen LogP contribution in [0, 0.1) is 5.92 Å². The molecule has 1 N–H and O–H groups in total. The van der Waals surface area contributed by atoms with Crippen molar-refractivity contribution in [2.24, 2.45) is 10.9 Å². The van der Waals surface area contributed by atoms with Gasteiger partial charge in [0.25, 0.3) is 0 Å². The lowest BCUT2D eigenvalue weighted by molar-refractivity contribution is -0.102. The minimum atomic E-state index is 0.0828. The first-order valence-electron chi connectivity index (χ1n) is 8.23. The Balaban J connectivity index is 1.88. The lowest BCUT2D eigenvalue weighted by Gasteiger charge is -2.39. The van der Waals surface area contributed by atoms with Gasteiger partial charge in [-0.1, -0.05) is 18.2 Å². The second-order valence-electron chi connectivity index (χ2n) is 6.45. The normalized spacial score (nSPS) is 24.4. The first-order chi connectivity index (χ1) is 11.2. The van der Waals surface area contributed by atoms with Gasteiger partial charge in [0.2, 0.25) is 0 Å². The fraction of sp³-hybridized carbons (Fsp3) is 0.368. The molecule has 1 aliphatic carbocycles. The summed E-state index contributed by atoms with van der Waals surface area (Å²) in [5, 5.41) is 1.34. The van der Waals surface area contributed by atoms with Crippen molar-refractivity contribution < 1.29 is 4.79 Å². The number of nitrogens with zero attached hydrogens (tertiary/aromatic N) is 2. The Morgan fingerprint density at radius 3 is 3.13 bits per heavy atom. The highest BCUT2D eigenvalue weighted by atomic mass is 16.1. The molecule has 4 nitrogen and oxygen atoms in total. The summed E-state index contributed by atoms with van der Waals surface area (Å²) >= 11 is 0. The minimum absolute atomic E-state index is 0.0828. The zero-order valence-electron chi connectivity index (χ0n) is 13.5. The third-order valence-corrected chi connectivity index (χ3v) is 5.11. The maximum Gasteiger partial charge on any atom is 0.164 e. The van der Waals surface area contributed by atoms with Crippen molar-refractivity contribution in [1.29, 1.82) is 0 Å². The fourth-order valence-corrected chi connectivity index (χ4v) is 4.06. The van der Waals surface area contributed by atoms with Crippen molar-refractivity contribution in [3.05, 3.63) is 41.6 Å². The summed E-state index contributed by atoms with van der Waals surface area (Å²) in [6.07, 6.45) is 6.36. The highest BCUT2D eigenvalue weighted by Crippen LogP contribution is 2.40. The van der Waals surface area contributed by atoms with Crippen LogP contribution in [0.25, 0.3) is 16.5 Å². The molecule has 0 radical (unpaired) electrons. The molecule has 2 unspecified atom stereocenters. The van der Waals surface area contributed by atoms with E-state index in [4.69, 9.17) is 0 Å². The van der Waals surface area contributed by atoms with Crippen LogP contribution in [0.15, 0.2) is 35.5 Å². The number of aromatic nitrogens is 1. The standard InChI is InChI=1S/C19H21N3O/c1-3-20-17(11-23)13-7-15-14-5-4-6-16-19(14)12(9-21-16)8-18(15)22(2)10-13/h4-7,9,11,13,18,21H,3,8,10H2,1-2H3. The first-order valence-corrected chi connectivity index (χ1v) is 8.23. The number of likely N-dealkylation sites (N-methyl/N-ethyl adjacent to an activating group) is 1. The van der Waals surface area contributed by atoms with Crippen LogP contribution in [-0.4, -0.2) is 48.1 Å². The smallest absolute Gasteiger partial charge is 0.164 e. The molecule has 1 aliphatic heterocycles. The van der Waals surface area contributed by atoms with Crippen LogP contribution in [0.4, 0.5) is 0 Å². The van der Waals surface area contributed by atoms with Crippen LogP contribution < -0.4 is 0 Å². The number of carbonyl (C=O) groups is 1. The average molecular weight is 307 g/mol. The van der Waals surface area contributed by atoms with Crippen LogP contribution in [0.5, 0.6) is 0 Å². The van der Waals surface area contributed by atoms with Gasteiger partial charge in [-0.25, -0.2) is 0 Å². The van der Waals surface area contributed by atoms with Crippen LogP contribution in [0.3, 0.4) is 0 Å². The zero-order valence-corrected chi connectivity index (χ0v) is 13.5. The number of benzene rings is 1. The van der Waals surface area contributed by atoms with Gasteiger partial charge in [0.15, 0.2) is 6.29 Å². The van der Waals surface area contributed by atoms with Gasteiger partial charge in [0.05, 0.1) is 5.71 Å². The van der Waals surface area contributed by atoms with Crippen LogP contribution >= 0.6 is 0 Å². The summed E-state index contributed by atoms with van der Waals surface area (Å²) in [5.74, 6) is 0.0828. The number of fused-ring (bicyclic) bond motifs is 2. The van der Waals surface area contributed by atoms with Gasteiger partial charge in [-0.3, -0.25) is 14.7 Å². The highest BCUT2D eigenvalue weighted by Gasteiger charge is 2.34. The summed E-state index contributed by atoms with van der Waals surface area (Å²) in [6.45, 7) is 3.47. The predicted molar refractivity (Wildman–Crippen MR) is 93.9 cm³/mol. The summed E-state index contributed by atoms with van der Waals surface area (Å²) in [5.41, 5.74) is 5.89. The van der Waals surface area contributed by atoms with Crippen molar-refractivity contribution in [1.82, 2.24) is 9.88 Å². The molecule has 0 bridgehead atoms. The molecule has 23 heavy (non-hydrogen) atoms. The number of rotatable bonds is 3. The van der Waals surface area contributed by atoms with Gasteiger partial charge < -0.3 is 4.98 Å². The molecule has 1 aromatic carbocycles. The Morgan fingerprint density at radius 1 is 1.48 bits per heavy atom.